The largest absolute Gasteiger partial charge is 0.380 e. The first-order chi connectivity index (χ1) is 8.36. The van der Waals surface area contributed by atoms with Crippen LogP contribution < -0.4 is 0 Å². The molecule has 0 bridgehead atoms. The van der Waals surface area contributed by atoms with Crippen molar-refractivity contribution in [3.63, 3.8) is 0 Å². The number of benzene rings is 1. The Labute approximate surface area is 102 Å². The summed E-state index contributed by atoms with van der Waals surface area (Å²) in [6, 6.07) is 9.52. The molecule has 3 heteroatoms. The Morgan fingerprint density at radius 1 is 1.18 bits per heavy atom. The lowest BCUT2D eigenvalue weighted by Crippen LogP contribution is -2.28. The Bertz CT molecular complexity index is 342. The maximum Gasteiger partial charge on any atom is 0.164 e. The molecule has 0 N–H and O–H groups in total. The van der Waals surface area contributed by atoms with Gasteiger partial charge in [0, 0.05) is 38.2 Å². The monoisotopic (exact) mass is 233 g/mol. The van der Waals surface area contributed by atoms with E-state index in [1.165, 1.54) is 0 Å². The van der Waals surface area contributed by atoms with E-state index in [1.54, 1.807) is 0 Å². The lowest BCUT2D eigenvalue weighted by molar-refractivity contribution is 0.0960. The van der Waals surface area contributed by atoms with Gasteiger partial charge in [0.25, 0.3) is 0 Å². The van der Waals surface area contributed by atoms with Crippen LogP contribution in [0.25, 0.3) is 0 Å². The van der Waals surface area contributed by atoms with Crippen molar-refractivity contribution in [1.82, 2.24) is 4.90 Å². The van der Waals surface area contributed by atoms with Gasteiger partial charge in [0.2, 0.25) is 0 Å². The minimum absolute atomic E-state index is 0.232. The second kappa shape index (κ2) is 6.52. The van der Waals surface area contributed by atoms with E-state index in [-0.39, 0.29) is 5.78 Å². The smallest absolute Gasteiger partial charge is 0.164 e. The molecule has 0 aliphatic carbocycles. The summed E-state index contributed by atoms with van der Waals surface area (Å²) in [6.07, 6.45) is 1.67. The lowest BCUT2D eigenvalue weighted by atomic mass is 10.1. The van der Waals surface area contributed by atoms with Crippen LogP contribution in [0.15, 0.2) is 30.3 Å². The molecule has 0 spiro atoms. The molecule has 1 aliphatic heterocycles. The average Bonchev–Trinajstić information content (AvgIpc) is 2.65. The highest BCUT2D eigenvalue weighted by Crippen LogP contribution is 2.05. The van der Waals surface area contributed by atoms with Gasteiger partial charge in [-0.25, -0.2) is 0 Å². The summed E-state index contributed by atoms with van der Waals surface area (Å²) in [5.74, 6) is 0.232. The molecule has 0 saturated carbocycles. The van der Waals surface area contributed by atoms with Gasteiger partial charge in [-0.1, -0.05) is 30.3 Å². The van der Waals surface area contributed by atoms with Crippen molar-refractivity contribution in [2.45, 2.75) is 12.8 Å². The zero-order valence-electron chi connectivity index (χ0n) is 10.1. The molecule has 0 aromatic heterocycles. The van der Waals surface area contributed by atoms with E-state index in [4.69, 9.17) is 4.74 Å². The summed E-state index contributed by atoms with van der Waals surface area (Å²) in [5.41, 5.74) is 0.818. The summed E-state index contributed by atoms with van der Waals surface area (Å²) in [7, 11) is 0. The van der Waals surface area contributed by atoms with E-state index in [0.717, 1.165) is 44.8 Å². The Balaban J connectivity index is 1.79. The molecular formula is C14H19NO2. The Hall–Kier alpha value is -1.19. The third-order valence-corrected chi connectivity index (χ3v) is 3.07. The highest BCUT2D eigenvalue weighted by Gasteiger charge is 2.11. The summed E-state index contributed by atoms with van der Waals surface area (Å²) in [4.78, 5) is 14.2. The van der Waals surface area contributed by atoms with Gasteiger partial charge in [-0.2, -0.15) is 0 Å². The third kappa shape index (κ3) is 3.95. The van der Waals surface area contributed by atoms with Gasteiger partial charge in [0.1, 0.15) is 0 Å². The van der Waals surface area contributed by atoms with Crippen LogP contribution in [0.1, 0.15) is 23.2 Å². The van der Waals surface area contributed by atoms with Crippen LogP contribution in [0.3, 0.4) is 0 Å². The van der Waals surface area contributed by atoms with Gasteiger partial charge < -0.3 is 9.64 Å². The average molecular weight is 233 g/mol. The molecule has 1 heterocycles. The van der Waals surface area contributed by atoms with Crippen molar-refractivity contribution in [2.24, 2.45) is 0 Å². The predicted molar refractivity (Wildman–Crippen MR) is 67.3 cm³/mol. The standard InChI is InChI=1S/C14H19NO2/c16-14(13-5-2-1-3-6-13)7-9-15-8-4-11-17-12-10-15/h1-3,5-6H,4,7-12H2. The molecule has 1 aromatic carbocycles. The fraction of sp³-hybridized carbons (Fsp3) is 0.500. The van der Waals surface area contributed by atoms with E-state index in [2.05, 4.69) is 4.90 Å². The number of hydrogen-bond acceptors (Lipinski definition) is 3. The van der Waals surface area contributed by atoms with Crippen molar-refractivity contribution in [3.05, 3.63) is 35.9 Å². The van der Waals surface area contributed by atoms with Crippen LogP contribution in [-0.4, -0.2) is 43.5 Å². The van der Waals surface area contributed by atoms with Gasteiger partial charge in [-0.3, -0.25) is 4.79 Å². The van der Waals surface area contributed by atoms with Gasteiger partial charge in [0.05, 0.1) is 6.61 Å². The Morgan fingerprint density at radius 3 is 2.82 bits per heavy atom. The topological polar surface area (TPSA) is 29.5 Å². The number of nitrogens with zero attached hydrogens (tertiary/aromatic N) is 1. The summed E-state index contributed by atoms with van der Waals surface area (Å²) >= 11 is 0. The maximum absolute atomic E-state index is 11.9. The summed E-state index contributed by atoms with van der Waals surface area (Å²) in [5, 5.41) is 0. The lowest BCUT2D eigenvalue weighted by Gasteiger charge is -2.18. The SMILES string of the molecule is O=C(CCN1CCCOCC1)c1ccccc1. The summed E-state index contributed by atoms with van der Waals surface area (Å²) in [6.45, 7) is 4.48. The second-order valence-electron chi connectivity index (χ2n) is 4.35. The van der Waals surface area contributed by atoms with Crippen molar-refractivity contribution in [1.29, 1.82) is 0 Å². The van der Waals surface area contributed by atoms with Gasteiger partial charge in [-0.05, 0) is 6.42 Å². The fourth-order valence-corrected chi connectivity index (χ4v) is 2.05. The van der Waals surface area contributed by atoms with Crippen molar-refractivity contribution < 1.29 is 9.53 Å². The Morgan fingerprint density at radius 2 is 2.00 bits per heavy atom. The first kappa shape index (κ1) is 12.3. The molecule has 0 radical (unpaired) electrons. The van der Waals surface area contributed by atoms with Crippen LogP contribution in [0.2, 0.25) is 0 Å². The van der Waals surface area contributed by atoms with E-state index >= 15 is 0 Å². The molecule has 1 saturated heterocycles. The molecule has 1 aromatic rings. The maximum atomic E-state index is 11.9. The van der Waals surface area contributed by atoms with Crippen molar-refractivity contribution >= 4 is 5.78 Å². The number of ketones is 1. The van der Waals surface area contributed by atoms with Crippen LogP contribution in [-0.2, 0) is 4.74 Å². The normalized spacial score (nSPS) is 17.6. The third-order valence-electron chi connectivity index (χ3n) is 3.07. The molecule has 17 heavy (non-hydrogen) atoms. The molecule has 92 valence electrons. The molecule has 0 amide bonds. The molecule has 1 aliphatic rings. The number of carbonyl (C=O) groups excluding carboxylic acids is 1. The van der Waals surface area contributed by atoms with Gasteiger partial charge >= 0.3 is 0 Å². The van der Waals surface area contributed by atoms with Gasteiger partial charge in [-0.15, -0.1) is 0 Å². The first-order valence-corrected chi connectivity index (χ1v) is 6.24. The highest BCUT2D eigenvalue weighted by molar-refractivity contribution is 5.96. The molecule has 0 unspecified atom stereocenters. The highest BCUT2D eigenvalue weighted by atomic mass is 16.5. The molecule has 3 nitrogen and oxygen atoms in total. The Kier molecular flexibility index (Phi) is 4.71. The zero-order chi connectivity index (χ0) is 11.9. The number of ether oxygens (including phenoxy) is 1. The van der Waals surface area contributed by atoms with Crippen molar-refractivity contribution in [2.75, 3.05) is 32.8 Å². The van der Waals surface area contributed by atoms with E-state index < -0.39 is 0 Å². The molecule has 0 atom stereocenters. The number of carbonyl (C=O) groups is 1. The van der Waals surface area contributed by atoms with Crippen LogP contribution in [0.5, 0.6) is 0 Å². The van der Waals surface area contributed by atoms with E-state index in [9.17, 15) is 4.79 Å². The minimum Gasteiger partial charge on any atom is -0.380 e. The van der Waals surface area contributed by atoms with E-state index in [1.807, 2.05) is 30.3 Å². The van der Waals surface area contributed by atoms with Gasteiger partial charge in [0.15, 0.2) is 5.78 Å². The molecule has 2 rings (SSSR count). The van der Waals surface area contributed by atoms with E-state index in [0.29, 0.717) is 6.42 Å². The minimum atomic E-state index is 0.232. The fourth-order valence-electron chi connectivity index (χ4n) is 2.05. The number of Topliss-reactive ketones (excluding diaryl/α,β-unsaturated/α-hetero) is 1. The quantitative estimate of drug-likeness (QED) is 0.745. The zero-order valence-corrected chi connectivity index (χ0v) is 10.1. The van der Waals surface area contributed by atoms with Crippen molar-refractivity contribution in [3.8, 4) is 0 Å². The van der Waals surface area contributed by atoms with Crippen LogP contribution >= 0.6 is 0 Å². The van der Waals surface area contributed by atoms with Crippen LogP contribution in [0, 0.1) is 0 Å². The molecular weight excluding hydrogens is 214 g/mol. The van der Waals surface area contributed by atoms with Crippen LogP contribution in [0.4, 0.5) is 0 Å². The number of rotatable bonds is 4. The second-order valence-corrected chi connectivity index (χ2v) is 4.35. The first-order valence-electron chi connectivity index (χ1n) is 6.24. The predicted octanol–water partition coefficient (Wildman–Crippen LogP) is 1.98. The number of hydrogen-bond donors (Lipinski definition) is 0. The molecule has 1 fully saturated rings. The summed E-state index contributed by atoms with van der Waals surface area (Å²) < 4.78 is 5.39.